The number of aromatic nitrogens is 2. The van der Waals surface area contributed by atoms with Gasteiger partial charge in [-0.2, -0.15) is 0 Å². The topological polar surface area (TPSA) is 78.3 Å². The van der Waals surface area contributed by atoms with Gasteiger partial charge in [0.2, 0.25) is 0 Å². The van der Waals surface area contributed by atoms with Crippen molar-refractivity contribution in [2.75, 3.05) is 7.11 Å². The van der Waals surface area contributed by atoms with Gasteiger partial charge in [0.15, 0.2) is 5.78 Å². The smallest absolute Gasteiger partial charge is 0.308 e. The van der Waals surface area contributed by atoms with Crippen molar-refractivity contribution in [3.63, 3.8) is 0 Å². The van der Waals surface area contributed by atoms with Gasteiger partial charge in [-0.15, -0.1) is 11.3 Å². The van der Waals surface area contributed by atoms with Crippen molar-refractivity contribution in [3.8, 4) is 11.1 Å². The van der Waals surface area contributed by atoms with Crippen LogP contribution in [0, 0.1) is 0 Å². The number of methoxy groups -OCH3 is 1. The van der Waals surface area contributed by atoms with Crippen molar-refractivity contribution in [1.29, 1.82) is 0 Å². The number of Topliss-reactive ketones (excluding diaryl/α,β-unsaturated/α-hetero) is 1. The summed E-state index contributed by atoms with van der Waals surface area (Å²) < 4.78 is 6.05. The Morgan fingerprint density at radius 1 is 1.09 bits per heavy atom. The second kappa shape index (κ2) is 9.28. The van der Waals surface area contributed by atoms with Gasteiger partial charge in [0.25, 0.3) is 5.56 Å². The molecule has 2 aromatic carbocycles. The van der Waals surface area contributed by atoms with E-state index in [4.69, 9.17) is 4.74 Å². The molecular weight excluding hydrogens is 424 g/mol. The van der Waals surface area contributed by atoms with E-state index in [1.165, 1.54) is 34.9 Å². The zero-order valence-corrected chi connectivity index (χ0v) is 18.6. The molecule has 2 aromatic heterocycles. The summed E-state index contributed by atoms with van der Waals surface area (Å²) >= 11 is 1.38. The monoisotopic (exact) mass is 446 g/mol. The number of hydrogen-bond donors (Lipinski definition) is 0. The lowest BCUT2D eigenvalue weighted by molar-refractivity contribution is -0.141. The van der Waals surface area contributed by atoms with Crippen LogP contribution in [0.3, 0.4) is 0 Å². The van der Waals surface area contributed by atoms with Gasteiger partial charge >= 0.3 is 5.97 Å². The van der Waals surface area contributed by atoms with Crippen molar-refractivity contribution >= 4 is 33.3 Å². The van der Waals surface area contributed by atoms with Gasteiger partial charge < -0.3 is 4.74 Å². The molecular formula is C25H22N2O4S. The van der Waals surface area contributed by atoms with Gasteiger partial charge in [-0.3, -0.25) is 19.0 Å². The standard InChI is InChI=1S/C25H22N2O4S/c1-3-16-9-11-17(12-10-16)19-14-32-24-22(19)25(30)27(15-26-24)20(13-21(28)31-2)23(29)18-7-5-4-6-8-18/h4-12,14-15,20H,3,13H2,1-2H3. The third-order valence-corrected chi connectivity index (χ3v) is 6.36. The molecule has 0 aliphatic carbocycles. The van der Waals surface area contributed by atoms with Crippen LogP contribution in [0.25, 0.3) is 21.3 Å². The van der Waals surface area contributed by atoms with Gasteiger partial charge in [-0.25, -0.2) is 4.98 Å². The molecule has 0 saturated heterocycles. The summed E-state index contributed by atoms with van der Waals surface area (Å²) in [6.07, 6.45) is 2.01. The van der Waals surface area contributed by atoms with Crippen LogP contribution >= 0.6 is 11.3 Å². The van der Waals surface area contributed by atoms with Crippen molar-refractivity contribution < 1.29 is 14.3 Å². The van der Waals surface area contributed by atoms with Crippen LogP contribution < -0.4 is 5.56 Å². The summed E-state index contributed by atoms with van der Waals surface area (Å²) in [7, 11) is 1.26. The number of carbonyl (C=O) groups excluding carboxylic acids is 2. The summed E-state index contributed by atoms with van der Waals surface area (Å²) in [6, 6.07) is 15.6. The molecule has 0 saturated carbocycles. The summed E-state index contributed by atoms with van der Waals surface area (Å²) in [4.78, 5) is 43.9. The zero-order valence-electron chi connectivity index (χ0n) is 17.8. The van der Waals surface area contributed by atoms with E-state index in [1.807, 2.05) is 29.6 Å². The predicted octanol–water partition coefficient (Wildman–Crippen LogP) is 4.67. The van der Waals surface area contributed by atoms with Gasteiger partial charge in [-0.1, -0.05) is 61.5 Å². The van der Waals surface area contributed by atoms with E-state index >= 15 is 0 Å². The molecule has 1 atom stereocenters. The van der Waals surface area contributed by atoms with Crippen LogP contribution in [0.4, 0.5) is 0 Å². The van der Waals surface area contributed by atoms with Crippen molar-refractivity contribution in [3.05, 3.63) is 87.8 Å². The van der Waals surface area contributed by atoms with Gasteiger partial charge in [0, 0.05) is 16.5 Å². The molecule has 162 valence electrons. The lowest BCUT2D eigenvalue weighted by Crippen LogP contribution is -2.32. The van der Waals surface area contributed by atoms with E-state index in [-0.39, 0.29) is 17.8 Å². The van der Waals surface area contributed by atoms with Crippen molar-refractivity contribution in [1.82, 2.24) is 9.55 Å². The predicted molar refractivity (Wildman–Crippen MR) is 125 cm³/mol. The number of aryl methyl sites for hydroxylation is 1. The highest BCUT2D eigenvalue weighted by atomic mass is 32.1. The minimum Gasteiger partial charge on any atom is -0.469 e. The van der Waals surface area contributed by atoms with Crippen LogP contribution in [0.1, 0.15) is 35.3 Å². The fraction of sp³-hybridized carbons (Fsp3) is 0.200. The lowest BCUT2D eigenvalue weighted by Gasteiger charge is -2.18. The van der Waals surface area contributed by atoms with Crippen LogP contribution in [0.2, 0.25) is 0 Å². The molecule has 0 aliphatic heterocycles. The highest BCUT2D eigenvalue weighted by molar-refractivity contribution is 7.17. The summed E-state index contributed by atoms with van der Waals surface area (Å²) in [5.74, 6) is -0.921. The van der Waals surface area contributed by atoms with E-state index in [0.29, 0.717) is 15.8 Å². The van der Waals surface area contributed by atoms with Crippen LogP contribution in [0.5, 0.6) is 0 Å². The van der Waals surface area contributed by atoms with E-state index in [2.05, 4.69) is 11.9 Å². The van der Waals surface area contributed by atoms with Crippen molar-refractivity contribution in [2.45, 2.75) is 25.8 Å². The van der Waals surface area contributed by atoms with Gasteiger partial charge in [0.05, 0.1) is 25.2 Å². The Morgan fingerprint density at radius 3 is 2.47 bits per heavy atom. The Kier molecular flexibility index (Phi) is 6.28. The highest BCUT2D eigenvalue weighted by Crippen LogP contribution is 2.31. The Labute approximate surface area is 189 Å². The third-order valence-electron chi connectivity index (χ3n) is 5.48. The first kappa shape index (κ1) is 21.6. The lowest BCUT2D eigenvalue weighted by atomic mass is 10.0. The van der Waals surface area contributed by atoms with Crippen LogP contribution in [-0.2, 0) is 16.0 Å². The molecule has 4 rings (SSSR count). The molecule has 1 unspecified atom stereocenters. The molecule has 0 bridgehead atoms. The summed E-state index contributed by atoms with van der Waals surface area (Å²) in [5, 5.41) is 2.34. The number of esters is 1. The Bertz CT molecular complexity index is 1320. The first-order chi connectivity index (χ1) is 15.5. The summed E-state index contributed by atoms with van der Waals surface area (Å²) in [6.45, 7) is 2.09. The Balaban J connectivity index is 1.85. The molecule has 0 N–H and O–H groups in total. The number of rotatable bonds is 7. The molecule has 2 heterocycles. The number of carbonyl (C=O) groups is 2. The fourth-order valence-electron chi connectivity index (χ4n) is 3.65. The number of ketones is 1. The first-order valence-electron chi connectivity index (χ1n) is 10.3. The molecule has 0 radical (unpaired) electrons. The molecule has 6 nitrogen and oxygen atoms in total. The van der Waals surface area contributed by atoms with Gasteiger partial charge in [-0.05, 0) is 17.5 Å². The molecule has 4 aromatic rings. The number of benzene rings is 2. The van der Waals surface area contributed by atoms with E-state index in [0.717, 1.165) is 17.5 Å². The minimum atomic E-state index is -1.05. The second-order valence-corrected chi connectivity index (χ2v) is 8.22. The SMILES string of the molecule is CCc1ccc(-c2csc3ncn(C(CC(=O)OC)C(=O)c4ccccc4)c(=O)c23)cc1. The third kappa shape index (κ3) is 4.11. The number of thiophene rings is 1. The molecule has 0 amide bonds. The maximum atomic E-state index is 13.6. The second-order valence-electron chi connectivity index (χ2n) is 7.36. The quantitative estimate of drug-likeness (QED) is 0.304. The molecule has 32 heavy (non-hydrogen) atoms. The molecule has 0 spiro atoms. The van der Waals surface area contributed by atoms with Crippen LogP contribution in [0.15, 0.2) is 71.1 Å². The molecule has 0 aliphatic rings. The first-order valence-corrected chi connectivity index (χ1v) is 11.1. The highest BCUT2D eigenvalue weighted by Gasteiger charge is 2.28. The van der Waals surface area contributed by atoms with Gasteiger partial charge in [0.1, 0.15) is 10.9 Å². The average molecular weight is 447 g/mol. The Morgan fingerprint density at radius 2 is 1.81 bits per heavy atom. The number of fused-ring (bicyclic) bond motifs is 1. The van der Waals surface area contributed by atoms with E-state index in [1.54, 1.807) is 30.3 Å². The number of ether oxygens (including phenoxy) is 1. The summed E-state index contributed by atoms with van der Waals surface area (Å²) in [5.41, 5.74) is 2.93. The normalized spacial score (nSPS) is 11.9. The van der Waals surface area contributed by atoms with E-state index < -0.39 is 12.0 Å². The van der Waals surface area contributed by atoms with Crippen molar-refractivity contribution in [2.24, 2.45) is 0 Å². The largest absolute Gasteiger partial charge is 0.469 e. The number of hydrogen-bond acceptors (Lipinski definition) is 6. The fourth-order valence-corrected chi connectivity index (χ4v) is 4.56. The zero-order chi connectivity index (χ0) is 22.7. The maximum Gasteiger partial charge on any atom is 0.308 e. The molecule has 0 fully saturated rings. The van der Waals surface area contributed by atoms with E-state index in [9.17, 15) is 14.4 Å². The minimum absolute atomic E-state index is 0.262. The number of nitrogens with zero attached hydrogens (tertiary/aromatic N) is 2. The average Bonchev–Trinajstić information content (AvgIpc) is 3.28. The Hall–Kier alpha value is -3.58. The van der Waals surface area contributed by atoms with Crippen LogP contribution in [-0.4, -0.2) is 28.4 Å². The molecule has 7 heteroatoms. The maximum absolute atomic E-state index is 13.6.